The van der Waals surface area contributed by atoms with Crippen LogP contribution in [-0.2, 0) is 11.3 Å². The van der Waals surface area contributed by atoms with Gasteiger partial charge in [0, 0.05) is 17.1 Å². The van der Waals surface area contributed by atoms with Crippen molar-refractivity contribution < 1.29 is 4.79 Å². The molecule has 1 heterocycles. The quantitative estimate of drug-likeness (QED) is 0.818. The van der Waals surface area contributed by atoms with E-state index in [9.17, 15) is 4.79 Å². The number of halogens is 2. The molecule has 1 unspecified atom stereocenters. The van der Waals surface area contributed by atoms with Crippen LogP contribution >= 0.6 is 24.0 Å². The highest BCUT2D eigenvalue weighted by Crippen LogP contribution is 2.16. The molecule has 0 aliphatic rings. The van der Waals surface area contributed by atoms with Crippen molar-refractivity contribution in [3.05, 3.63) is 29.3 Å². The van der Waals surface area contributed by atoms with Gasteiger partial charge in [0.25, 0.3) is 0 Å². The predicted molar refractivity (Wildman–Crippen MR) is 86.7 cm³/mol. The monoisotopic (exact) mass is 344 g/mol. The third kappa shape index (κ3) is 5.25. The number of hydrogen-bond acceptors (Lipinski definition) is 5. The van der Waals surface area contributed by atoms with Crippen molar-refractivity contribution in [2.24, 2.45) is 11.7 Å². The van der Waals surface area contributed by atoms with E-state index in [0.717, 1.165) is 5.56 Å². The molecule has 0 fully saturated rings. The van der Waals surface area contributed by atoms with Crippen molar-refractivity contribution >= 4 is 29.9 Å². The molecule has 0 spiro atoms. The summed E-state index contributed by atoms with van der Waals surface area (Å²) >= 11 is 5.82. The van der Waals surface area contributed by atoms with Crippen LogP contribution in [0, 0.1) is 5.92 Å². The third-order valence-corrected chi connectivity index (χ3v) is 3.14. The molecule has 7 nitrogen and oxygen atoms in total. The van der Waals surface area contributed by atoms with Crippen molar-refractivity contribution in [2.75, 3.05) is 13.1 Å². The lowest BCUT2D eigenvalue weighted by Gasteiger charge is -2.09. The van der Waals surface area contributed by atoms with E-state index in [4.69, 9.17) is 17.3 Å². The van der Waals surface area contributed by atoms with Crippen LogP contribution in [0.25, 0.3) is 11.4 Å². The Morgan fingerprint density at radius 1 is 1.41 bits per heavy atom. The first-order chi connectivity index (χ1) is 10.1. The van der Waals surface area contributed by atoms with Crippen molar-refractivity contribution in [3.63, 3.8) is 0 Å². The van der Waals surface area contributed by atoms with Gasteiger partial charge in [-0.05, 0) is 41.9 Å². The number of amides is 1. The zero-order valence-electron chi connectivity index (χ0n) is 12.1. The van der Waals surface area contributed by atoms with Crippen LogP contribution in [0.4, 0.5) is 0 Å². The molecule has 9 heteroatoms. The summed E-state index contributed by atoms with van der Waals surface area (Å²) in [4.78, 5) is 13.0. The van der Waals surface area contributed by atoms with Gasteiger partial charge in [-0.2, -0.15) is 4.80 Å². The summed E-state index contributed by atoms with van der Waals surface area (Å²) in [5, 5.41) is 15.4. The second-order valence-corrected chi connectivity index (χ2v) is 5.23. The molecular formula is C13H18Cl2N6O. The number of carbonyl (C=O) groups is 1. The van der Waals surface area contributed by atoms with E-state index in [1.165, 1.54) is 4.80 Å². The van der Waals surface area contributed by atoms with Crippen molar-refractivity contribution in [1.29, 1.82) is 0 Å². The fourth-order valence-corrected chi connectivity index (χ4v) is 1.71. The molecule has 2 aromatic rings. The van der Waals surface area contributed by atoms with Gasteiger partial charge in [-0.3, -0.25) is 4.79 Å². The first-order valence-corrected chi connectivity index (χ1v) is 6.97. The lowest BCUT2D eigenvalue weighted by atomic mass is 10.2. The van der Waals surface area contributed by atoms with E-state index in [2.05, 4.69) is 20.7 Å². The van der Waals surface area contributed by atoms with E-state index >= 15 is 0 Å². The van der Waals surface area contributed by atoms with Gasteiger partial charge in [0.15, 0.2) is 0 Å². The van der Waals surface area contributed by atoms with Gasteiger partial charge in [0.1, 0.15) is 6.54 Å². The molecule has 0 aliphatic carbocycles. The average molecular weight is 345 g/mol. The first-order valence-electron chi connectivity index (χ1n) is 6.59. The maximum atomic E-state index is 11.7. The molecule has 1 atom stereocenters. The molecule has 0 aliphatic heterocycles. The Morgan fingerprint density at radius 2 is 2.09 bits per heavy atom. The highest BCUT2D eigenvalue weighted by molar-refractivity contribution is 6.30. The maximum Gasteiger partial charge on any atom is 0.243 e. The Bertz CT molecular complexity index is 601. The average Bonchev–Trinajstić information content (AvgIpc) is 2.94. The first kappa shape index (κ1) is 18.3. The summed E-state index contributed by atoms with van der Waals surface area (Å²) in [5.41, 5.74) is 6.28. The van der Waals surface area contributed by atoms with Gasteiger partial charge in [0.05, 0.1) is 0 Å². The lowest BCUT2D eigenvalue weighted by Crippen LogP contribution is -2.34. The van der Waals surface area contributed by atoms with Crippen LogP contribution in [0.2, 0.25) is 5.02 Å². The maximum absolute atomic E-state index is 11.7. The Balaban J connectivity index is 0.00000242. The summed E-state index contributed by atoms with van der Waals surface area (Å²) in [6.07, 6.45) is 0. The van der Waals surface area contributed by atoms with Gasteiger partial charge in [0.2, 0.25) is 11.7 Å². The van der Waals surface area contributed by atoms with E-state index in [0.29, 0.717) is 23.9 Å². The number of tetrazole rings is 1. The minimum absolute atomic E-state index is 0. The van der Waals surface area contributed by atoms with Gasteiger partial charge in [-0.15, -0.1) is 22.6 Å². The standard InChI is InChI=1S/C13H17ClN6O.ClH/c1-9(6-15)7-16-12(21)8-20-18-13(17-19-20)10-2-4-11(14)5-3-10;/h2-5,9H,6-8,15H2,1H3,(H,16,21);1H. The predicted octanol–water partition coefficient (Wildman–Crippen LogP) is 1.13. The number of hydrogen-bond donors (Lipinski definition) is 2. The number of aromatic nitrogens is 4. The SMILES string of the molecule is CC(CN)CNC(=O)Cn1nnc(-c2ccc(Cl)cc2)n1.Cl. The molecule has 1 aromatic heterocycles. The van der Waals surface area contributed by atoms with E-state index in [1.54, 1.807) is 24.3 Å². The van der Waals surface area contributed by atoms with Gasteiger partial charge in [-0.25, -0.2) is 0 Å². The normalized spacial score (nSPS) is 11.6. The van der Waals surface area contributed by atoms with Crippen molar-refractivity contribution in [2.45, 2.75) is 13.5 Å². The van der Waals surface area contributed by atoms with Gasteiger partial charge < -0.3 is 11.1 Å². The van der Waals surface area contributed by atoms with Crippen LogP contribution in [-0.4, -0.2) is 39.2 Å². The molecule has 22 heavy (non-hydrogen) atoms. The second-order valence-electron chi connectivity index (χ2n) is 4.80. The van der Waals surface area contributed by atoms with Crippen molar-refractivity contribution in [1.82, 2.24) is 25.5 Å². The summed E-state index contributed by atoms with van der Waals surface area (Å²) in [6, 6.07) is 7.09. The molecule has 0 radical (unpaired) electrons. The number of nitrogens with zero attached hydrogens (tertiary/aromatic N) is 4. The Kier molecular flexibility index (Phi) is 7.23. The Hall–Kier alpha value is -1.70. The fourth-order valence-electron chi connectivity index (χ4n) is 1.58. The van der Waals surface area contributed by atoms with E-state index in [-0.39, 0.29) is 30.8 Å². The molecule has 120 valence electrons. The number of benzene rings is 1. The number of carbonyl (C=O) groups excluding carboxylic acids is 1. The van der Waals surface area contributed by atoms with Crippen LogP contribution in [0.15, 0.2) is 24.3 Å². The molecule has 0 saturated carbocycles. The molecule has 1 amide bonds. The minimum atomic E-state index is -0.171. The van der Waals surface area contributed by atoms with Crippen molar-refractivity contribution in [3.8, 4) is 11.4 Å². The molecule has 0 bridgehead atoms. The zero-order chi connectivity index (χ0) is 15.2. The topological polar surface area (TPSA) is 98.7 Å². The molecule has 0 saturated heterocycles. The summed E-state index contributed by atoms with van der Waals surface area (Å²) in [7, 11) is 0. The highest BCUT2D eigenvalue weighted by Gasteiger charge is 2.10. The van der Waals surface area contributed by atoms with Gasteiger partial charge >= 0.3 is 0 Å². The third-order valence-electron chi connectivity index (χ3n) is 2.89. The summed E-state index contributed by atoms with van der Waals surface area (Å²) in [6.45, 7) is 3.06. The molecule has 2 rings (SSSR count). The Morgan fingerprint density at radius 3 is 2.73 bits per heavy atom. The van der Waals surface area contributed by atoms with Crippen LogP contribution < -0.4 is 11.1 Å². The largest absolute Gasteiger partial charge is 0.354 e. The van der Waals surface area contributed by atoms with Gasteiger partial charge in [-0.1, -0.05) is 18.5 Å². The lowest BCUT2D eigenvalue weighted by molar-refractivity contribution is -0.122. The van der Waals surface area contributed by atoms with Crippen LogP contribution in [0.3, 0.4) is 0 Å². The molecule has 1 aromatic carbocycles. The smallest absolute Gasteiger partial charge is 0.243 e. The van der Waals surface area contributed by atoms with E-state index in [1.807, 2.05) is 6.92 Å². The van der Waals surface area contributed by atoms with Crippen LogP contribution in [0.1, 0.15) is 6.92 Å². The zero-order valence-corrected chi connectivity index (χ0v) is 13.6. The van der Waals surface area contributed by atoms with E-state index < -0.39 is 0 Å². The molecular weight excluding hydrogens is 327 g/mol. The summed E-state index contributed by atoms with van der Waals surface area (Å²) in [5.74, 6) is 0.521. The number of nitrogens with one attached hydrogen (secondary N) is 1. The Labute approximate surface area is 139 Å². The fraction of sp³-hybridized carbons (Fsp3) is 0.385. The van der Waals surface area contributed by atoms with Crippen LogP contribution in [0.5, 0.6) is 0 Å². The second kappa shape index (κ2) is 8.67. The molecule has 3 N–H and O–H groups in total. The number of nitrogens with two attached hydrogens (primary N) is 1. The summed E-state index contributed by atoms with van der Waals surface area (Å²) < 4.78 is 0. The highest BCUT2D eigenvalue weighted by atomic mass is 35.5. The minimum Gasteiger partial charge on any atom is -0.354 e. The number of rotatable bonds is 6.